The summed E-state index contributed by atoms with van der Waals surface area (Å²) < 4.78 is 19.4. The van der Waals surface area contributed by atoms with E-state index in [1.165, 1.54) is 12.3 Å². The molecule has 1 amide bonds. The molecule has 0 aromatic carbocycles. The van der Waals surface area contributed by atoms with Crippen LogP contribution in [-0.4, -0.2) is 45.5 Å². The van der Waals surface area contributed by atoms with Gasteiger partial charge in [-0.25, -0.2) is 9.37 Å². The van der Waals surface area contributed by atoms with E-state index in [1.807, 2.05) is 16.7 Å². The molecule has 1 saturated carbocycles. The first-order valence-electron chi connectivity index (χ1n) is 7.76. The lowest BCUT2D eigenvalue weighted by Gasteiger charge is -2.47. The van der Waals surface area contributed by atoms with Crippen molar-refractivity contribution in [2.45, 2.75) is 30.6 Å². The maximum atomic E-state index is 13.6. The molecule has 118 valence electrons. The fraction of sp³-hybridized carbons (Fsp3) is 0.625. The van der Waals surface area contributed by atoms with E-state index in [1.54, 1.807) is 6.07 Å². The van der Waals surface area contributed by atoms with Gasteiger partial charge in [-0.3, -0.25) is 4.79 Å². The molecule has 0 bridgehead atoms. The molecular weight excluding hydrogens is 303 g/mol. The molecule has 4 rings (SSSR count). The quantitative estimate of drug-likeness (QED) is 0.857. The fourth-order valence-corrected chi connectivity index (χ4v) is 4.94. The van der Waals surface area contributed by atoms with Crippen LogP contribution in [0.3, 0.4) is 0 Å². The monoisotopic (exact) mass is 322 g/mol. The van der Waals surface area contributed by atoms with Gasteiger partial charge in [-0.2, -0.15) is 0 Å². The van der Waals surface area contributed by atoms with Gasteiger partial charge in [0, 0.05) is 37.4 Å². The number of amides is 1. The highest BCUT2D eigenvalue weighted by Crippen LogP contribution is 2.48. The highest BCUT2D eigenvalue weighted by Gasteiger charge is 2.54. The molecule has 0 radical (unpaired) electrons. The Morgan fingerprint density at radius 3 is 3.00 bits per heavy atom. The van der Waals surface area contributed by atoms with Gasteiger partial charge in [-0.15, -0.1) is 11.8 Å². The maximum absolute atomic E-state index is 13.6. The summed E-state index contributed by atoms with van der Waals surface area (Å²) in [5, 5.41) is 0. The van der Waals surface area contributed by atoms with Crippen molar-refractivity contribution < 1.29 is 13.9 Å². The molecule has 3 fully saturated rings. The van der Waals surface area contributed by atoms with E-state index in [0.717, 1.165) is 31.7 Å². The zero-order valence-electron chi connectivity index (χ0n) is 12.5. The first-order chi connectivity index (χ1) is 10.6. The number of likely N-dealkylation sites (tertiary alicyclic amines) is 1. The molecule has 2 aliphatic heterocycles. The van der Waals surface area contributed by atoms with Crippen LogP contribution in [0, 0.1) is 17.7 Å². The summed E-state index contributed by atoms with van der Waals surface area (Å²) in [7, 11) is 0. The van der Waals surface area contributed by atoms with E-state index in [0.29, 0.717) is 11.8 Å². The minimum Gasteiger partial charge on any atom is -0.471 e. The average molecular weight is 322 g/mol. The molecule has 3 aliphatic rings. The van der Waals surface area contributed by atoms with Crippen LogP contribution in [0.15, 0.2) is 18.3 Å². The standard InChI is InChI=1S/C16H19FN2O2S/c1-10-5-12(10)15(20)19-8-16(9-19)6-11(7-22-16)21-14-13(17)3-2-4-18-14/h2-4,10-12H,5-9H2,1H3/t10-,11+,12+/m1/s1. The van der Waals surface area contributed by atoms with Crippen LogP contribution >= 0.6 is 11.8 Å². The SMILES string of the molecule is C[C@@H]1C[C@@H]1C(=O)N1CC2(C[C@H](Oc3ncccc3F)CS2)C1. The smallest absolute Gasteiger partial charge is 0.250 e. The number of nitrogens with zero attached hydrogens (tertiary/aromatic N) is 2. The van der Waals surface area contributed by atoms with Crippen LogP contribution in [0.4, 0.5) is 4.39 Å². The first-order valence-corrected chi connectivity index (χ1v) is 8.75. The molecule has 4 nitrogen and oxygen atoms in total. The number of hydrogen-bond donors (Lipinski definition) is 0. The summed E-state index contributed by atoms with van der Waals surface area (Å²) in [5.74, 6) is 1.64. The molecule has 22 heavy (non-hydrogen) atoms. The molecule has 1 aromatic rings. The predicted molar refractivity (Wildman–Crippen MR) is 82.3 cm³/mol. The van der Waals surface area contributed by atoms with Gasteiger partial charge in [0.15, 0.2) is 5.82 Å². The average Bonchev–Trinajstić information content (AvgIpc) is 3.04. The van der Waals surface area contributed by atoms with E-state index in [4.69, 9.17) is 4.74 Å². The second-order valence-electron chi connectivity index (χ2n) is 6.74. The summed E-state index contributed by atoms with van der Waals surface area (Å²) in [6, 6.07) is 2.92. The summed E-state index contributed by atoms with van der Waals surface area (Å²) in [6.07, 6.45) is 3.42. The molecule has 2 saturated heterocycles. The highest BCUT2D eigenvalue weighted by atomic mass is 32.2. The third-order valence-electron chi connectivity index (χ3n) is 4.87. The molecule has 0 unspecified atom stereocenters. The second-order valence-corrected chi connectivity index (χ2v) is 8.23. The zero-order valence-corrected chi connectivity index (χ0v) is 13.3. The van der Waals surface area contributed by atoms with Crippen LogP contribution in [0.1, 0.15) is 19.8 Å². The molecular formula is C16H19FN2O2S. The van der Waals surface area contributed by atoms with Crippen LogP contribution in [0.2, 0.25) is 0 Å². The molecule has 3 heterocycles. The Hall–Kier alpha value is -1.30. The number of rotatable bonds is 3. The Morgan fingerprint density at radius 2 is 2.32 bits per heavy atom. The molecule has 3 atom stereocenters. The normalized spacial score (nSPS) is 31.9. The van der Waals surface area contributed by atoms with Gasteiger partial charge >= 0.3 is 0 Å². The van der Waals surface area contributed by atoms with Crippen molar-refractivity contribution in [1.82, 2.24) is 9.88 Å². The Morgan fingerprint density at radius 1 is 1.55 bits per heavy atom. The number of pyridine rings is 1. The van der Waals surface area contributed by atoms with Gasteiger partial charge in [0.05, 0.1) is 4.75 Å². The minimum atomic E-state index is -0.415. The van der Waals surface area contributed by atoms with Crippen molar-refractivity contribution in [1.29, 1.82) is 0 Å². The predicted octanol–water partition coefficient (Wildman–Crippen LogP) is 2.34. The Bertz CT molecular complexity index is 606. The van der Waals surface area contributed by atoms with Crippen molar-refractivity contribution in [3.8, 4) is 5.88 Å². The van der Waals surface area contributed by atoms with E-state index in [2.05, 4.69) is 11.9 Å². The molecule has 6 heteroatoms. The second kappa shape index (κ2) is 5.11. The number of aromatic nitrogens is 1. The summed E-state index contributed by atoms with van der Waals surface area (Å²) in [5.41, 5.74) is 0. The van der Waals surface area contributed by atoms with Gasteiger partial charge in [-0.1, -0.05) is 6.92 Å². The van der Waals surface area contributed by atoms with Crippen LogP contribution in [0.5, 0.6) is 5.88 Å². The van der Waals surface area contributed by atoms with Crippen molar-refractivity contribution >= 4 is 17.7 Å². The van der Waals surface area contributed by atoms with Crippen LogP contribution < -0.4 is 4.74 Å². The summed E-state index contributed by atoms with van der Waals surface area (Å²) in [4.78, 5) is 18.1. The zero-order chi connectivity index (χ0) is 15.3. The number of thioether (sulfide) groups is 1. The lowest BCUT2D eigenvalue weighted by molar-refractivity contribution is -0.138. The van der Waals surface area contributed by atoms with Crippen molar-refractivity contribution in [3.05, 3.63) is 24.1 Å². The van der Waals surface area contributed by atoms with Crippen molar-refractivity contribution in [2.24, 2.45) is 11.8 Å². The Kier molecular flexibility index (Phi) is 3.33. The van der Waals surface area contributed by atoms with Gasteiger partial charge < -0.3 is 9.64 Å². The first kappa shape index (κ1) is 14.3. The topological polar surface area (TPSA) is 42.4 Å². The van der Waals surface area contributed by atoms with Gasteiger partial charge in [0.2, 0.25) is 5.91 Å². The Balaban J connectivity index is 1.32. The van der Waals surface area contributed by atoms with Crippen molar-refractivity contribution in [2.75, 3.05) is 18.8 Å². The number of carbonyl (C=O) groups excluding carboxylic acids is 1. The number of carbonyl (C=O) groups is 1. The maximum Gasteiger partial charge on any atom is 0.250 e. The molecule has 1 aromatic heterocycles. The third kappa shape index (κ3) is 2.47. The largest absolute Gasteiger partial charge is 0.471 e. The third-order valence-corrected chi connectivity index (χ3v) is 6.45. The summed E-state index contributed by atoms with van der Waals surface area (Å²) in [6.45, 7) is 3.75. The van der Waals surface area contributed by atoms with Gasteiger partial charge in [-0.05, 0) is 24.5 Å². The molecule has 1 spiro atoms. The van der Waals surface area contributed by atoms with E-state index < -0.39 is 5.82 Å². The van der Waals surface area contributed by atoms with E-state index >= 15 is 0 Å². The van der Waals surface area contributed by atoms with E-state index in [-0.39, 0.29) is 22.6 Å². The number of ether oxygens (including phenoxy) is 1. The summed E-state index contributed by atoms with van der Waals surface area (Å²) >= 11 is 1.85. The fourth-order valence-electron chi connectivity index (χ4n) is 3.42. The van der Waals surface area contributed by atoms with Crippen molar-refractivity contribution in [3.63, 3.8) is 0 Å². The lowest BCUT2D eigenvalue weighted by Crippen LogP contribution is -2.61. The number of halogens is 1. The van der Waals surface area contributed by atoms with Crippen LogP contribution in [0.25, 0.3) is 0 Å². The number of hydrogen-bond acceptors (Lipinski definition) is 4. The minimum absolute atomic E-state index is 0.0218. The van der Waals surface area contributed by atoms with E-state index in [9.17, 15) is 9.18 Å². The van der Waals surface area contributed by atoms with Gasteiger partial charge in [0.25, 0.3) is 5.88 Å². The van der Waals surface area contributed by atoms with Gasteiger partial charge in [0.1, 0.15) is 6.10 Å². The van der Waals surface area contributed by atoms with Crippen LogP contribution in [-0.2, 0) is 4.79 Å². The molecule has 0 N–H and O–H groups in total. The lowest BCUT2D eigenvalue weighted by atomic mass is 9.92. The molecule has 1 aliphatic carbocycles. The highest BCUT2D eigenvalue weighted by molar-refractivity contribution is 8.01. The Labute approximate surface area is 133 Å².